The van der Waals surface area contributed by atoms with Crippen molar-refractivity contribution < 1.29 is 9.90 Å². The van der Waals surface area contributed by atoms with Gasteiger partial charge >= 0.3 is 0 Å². The van der Waals surface area contributed by atoms with Gasteiger partial charge in [-0.25, -0.2) is 0 Å². The Kier molecular flexibility index (Phi) is 3.04. The Balaban J connectivity index is 2.72. The average molecular weight is 211 g/mol. The number of carbonyl (C=O) groups is 1. The van der Waals surface area contributed by atoms with Gasteiger partial charge in [0.1, 0.15) is 5.69 Å². The summed E-state index contributed by atoms with van der Waals surface area (Å²) in [5.74, 6) is -0.280. The number of nitrogens with two attached hydrogens (primary N) is 1. The number of nitrogens with one attached hydrogen (secondary N) is 2. The van der Waals surface area contributed by atoms with Crippen molar-refractivity contribution in [1.29, 1.82) is 0 Å². The second-order valence-electron chi connectivity index (χ2n) is 4.20. The van der Waals surface area contributed by atoms with Gasteiger partial charge in [0.2, 0.25) is 0 Å². The van der Waals surface area contributed by atoms with Crippen LogP contribution in [0.15, 0.2) is 12.3 Å². The van der Waals surface area contributed by atoms with Crippen LogP contribution in [0.5, 0.6) is 0 Å². The summed E-state index contributed by atoms with van der Waals surface area (Å²) >= 11 is 0. The lowest BCUT2D eigenvalue weighted by Gasteiger charge is -2.29. The Bertz CT molecular complexity index is 355. The van der Waals surface area contributed by atoms with Crippen molar-refractivity contribution in [2.75, 3.05) is 5.73 Å². The molecule has 84 valence electrons. The molecule has 0 saturated carbocycles. The first-order valence-corrected chi connectivity index (χ1v) is 4.77. The zero-order valence-electron chi connectivity index (χ0n) is 9.16. The molecule has 1 unspecified atom stereocenters. The van der Waals surface area contributed by atoms with Crippen LogP contribution in [0.25, 0.3) is 0 Å². The first kappa shape index (κ1) is 11.6. The number of aromatic amines is 1. The molecule has 0 radical (unpaired) electrons. The highest BCUT2D eigenvalue weighted by Gasteiger charge is 2.26. The number of rotatable bonds is 3. The Morgan fingerprint density at radius 3 is 2.67 bits per heavy atom. The van der Waals surface area contributed by atoms with Gasteiger partial charge in [0, 0.05) is 11.9 Å². The molecule has 1 atom stereocenters. The van der Waals surface area contributed by atoms with Crippen LogP contribution in [0.2, 0.25) is 0 Å². The van der Waals surface area contributed by atoms with Gasteiger partial charge in [0.15, 0.2) is 0 Å². The smallest absolute Gasteiger partial charge is 0.268 e. The minimum absolute atomic E-state index is 0.280. The summed E-state index contributed by atoms with van der Waals surface area (Å²) in [6.07, 6.45) is 0.915. The maximum atomic E-state index is 11.7. The molecule has 0 spiro atoms. The summed E-state index contributed by atoms with van der Waals surface area (Å²) < 4.78 is 0. The number of hydrogen-bond acceptors (Lipinski definition) is 3. The van der Waals surface area contributed by atoms with E-state index in [0.717, 1.165) is 0 Å². The standard InChI is InChI=1S/C10H17N3O2/c1-6(14)10(2,3)13-9(15)8-4-7(11)5-12-8/h4-6,12,14H,11H2,1-3H3,(H,13,15). The molecule has 0 aliphatic rings. The highest BCUT2D eigenvalue weighted by atomic mass is 16.3. The van der Waals surface area contributed by atoms with Crippen LogP contribution in [-0.4, -0.2) is 27.6 Å². The van der Waals surface area contributed by atoms with Gasteiger partial charge in [0.25, 0.3) is 5.91 Å². The van der Waals surface area contributed by atoms with Crippen molar-refractivity contribution in [2.45, 2.75) is 32.4 Å². The fraction of sp³-hybridized carbons (Fsp3) is 0.500. The predicted octanol–water partition coefficient (Wildman–Crippen LogP) is 0.486. The van der Waals surface area contributed by atoms with Crippen molar-refractivity contribution in [3.63, 3.8) is 0 Å². The number of aromatic nitrogens is 1. The highest BCUT2D eigenvalue weighted by molar-refractivity contribution is 5.93. The van der Waals surface area contributed by atoms with Crippen molar-refractivity contribution >= 4 is 11.6 Å². The number of hydrogen-bond donors (Lipinski definition) is 4. The van der Waals surface area contributed by atoms with E-state index < -0.39 is 11.6 Å². The van der Waals surface area contributed by atoms with Gasteiger partial charge in [-0.05, 0) is 26.8 Å². The molecule has 0 aliphatic carbocycles. The van der Waals surface area contributed by atoms with Crippen molar-refractivity contribution in [3.05, 3.63) is 18.0 Å². The van der Waals surface area contributed by atoms with Crippen LogP contribution in [0.3, 0.4) is 0 Å². The van der Waals surface area contributed by atoms with Crippen molar-refractivity contribution in [1.82, 2.24) is 10.3 Å². The van der Waals surface area contributed by atoms with Crippen LogP contribution in [0, 0.1) is 0 Å². The molecule has 1 heterocycles. The molecule has 0 aromatic carbocycles. The topological polar surface area (TPSA) is 91.1 Å². The minimum atomic E-state index is -0.670. The SMILES string of the molecule is CC(O)C(C)(C)NC(=O)c1cc(N)c[nH]1. The van der Waals surface area contributed by atoms with Crippen molar-refractivity contribution in [3.8, 4) is 0 Å². The van der Waals surface area contributed by atoms with Gasteiger partial charge in [0.05, 0.1) is 11.6 Å². The highest BCUT2D eigenvalue weighted by Crippen LogP contribution is 2.11. The number of carbonyl (C=O) groups excluding carboxylic acids is 1. The van der Waals surface area contributed by atoms with Crippen LogP contribution in [-0.2, 0) is 0 Å². The van der Waals surface area contributed by atoms with Gasteiger partial charge in [-0.1, -0.05) is 0 Å². The third-order valence-electron chi connectivity index (χ3n) is 2.43. The predicted molar refractivity (Wildman–Crippen MR) is 58.4 cm³/mol. The lowest BCUT2D eigenvalue weighted by Crippen LogP contribution is -2.51. The first-order chi connectivity index (χ1) is 6.83. The summed E-state index contributed by atoms with van der Waals surface area (Å²) in [5.41, 5.74) is 5.71. The minimum Gasteiger partial charge on any atom is -0.397 e. The number of aliphatic hydroxyl groups excluding tert-OH is 1. The van der Waals surface area contributed by atoms with Crippen LogP contribution >= 0.6 is 0 Å². The quantitative estimate of drug-likeness (QED) is 0.586. The van der Waals surface area contributed by atoms with Gasteiger partial charge in [-0.2, -0.15) is 0 Å². The average Bonchev–Trinajstić information content (AvgIpc) is 2.50. The Hall–Kier alpha value is -1.49. The molecule has 0 saturated heterocycles. The summed E-state index contributed by atoms with van der Waals surface area (Å²) in [6.45, 7) is 5.13. The molecule has 5 N–H and O–H groups in total. The van der Waals surface area contributed by atoms with E-state index in [0.29, 0.717) is 11.4 Å². The third-order valence-corrected chi connectivity index (χ3v) is 2.43. The van der Waals surface area contributed by atoms with E-state index in [1.165, 1.54) is 0 Å². The lowest BCUT2D eigenvalue weighted by molar-refractivity contribution is 0.0706. The zero-order valence-corrected chi connectivity index (χ0v) is 9.16. The largest absolute Gasteiger partial charge is 0.397 e. The molecule has 5 nitrogen and oxygen atoms in total. The van der Waals surface area contributed by atoms with Gasteiger partial charge in [-0.15, -0.1) is 0 Å². The molecule has 15 heavy (non-hydrogen) atoms. The van der Waals surface area contributed by atoms with Gasteiger partial charge in [-0.3, -0.25) is 4.79 Å². The number of anilines is 1. The summed E-state index contributed by atoms with van der Waals surface area (Å²) in [5, 5.41) is 12.1. The molecule has 1 rings (SSSR count). The zero-order chi connectivity index (χ0) is 11.6. The summed E-state index contributed by atoms with van der Waals surface area (Å²) in [7, 11) is 0. The number of H-pyrrole nitrogens is 1. The van der Waals surface area contributed by atoms with E-state index in [1.54, 1.807) is 33.0 Å². The molecule has 0 aliphatic heterocycles. The van der Waals surface area contributed by atoms with E-state index in [2.05, 4.69) is 10.3 Å². The monoisotopic (exact) mass is 211 g/mol. The number of nitrogen functional groups attached to an aromatic ring is 1. The van der Waals surface area contributed by atoms with E-state index in [9.17, 15) is 9.90 Å². The maximum absolute atomic E-state index is 11.7. The summed E-state index contributed by atoms with van der Waals surface area (Å²) in [4.78, 5) is 14.4. The number of aliphatic hydroxyl groups is 1. The normalized spacial score (nSPS) is 13.6. The molecule has 0 bridgehead atoms. The van der Waals surface area contributed by atoms with Crippen LogP contribution < -0.4 is 11.1 Å². The van der Waals surface area contributed by atoms with Crippen LogP contribution in [0.1, 0.15) is 31.3 Å². The van der Waals surface area contributed by atoms with E-state index in [4.69, 9.17) is 5.73 Å². The third kappa shape index (κ3) is 2.73. The van der Waals surface area contributed by atoms with Gasteiger partial charge < -0.3 is 21.1 Å². The number of amides is 1. The fourth-order valence-electron chi connectivity index (χ4n) is 1.01. The van der Waals surface area contributed by atoms with Crippen molar-refractivity contribution in [2.24, 2.45) is 0 Å². The fourth-order valence-corrected chi connectivity index (χ4v) is 1.01. The second kappa shape index (κ2) is 3.94. The maximum Gasteiger partial charge on any atom is 0.268 e. The molecule has 1 aromatic heterocycles. The molecule has 1 aromatic rings. The second-order valence-corrected chi connectivity index (χ2v) is 4.20. The first-order valence-electron chi connectivity index (χ1n) is 4.77. The Labute approximate surface area is 88.7 Å². The van der Waals surface area contributed by atoms with E-state index >= 15 is 0 Å². The van der Waals surface area contributed by atoms with E-state index in [1.807, 2.05) is 0 Å². The van der Waals surface area contributed by atoms with E-state index in [-0.39, 0.29) is 5.91 Å². The lowest BCUT2D eigenvalue weighted by atomic mass is 9.98. The Morgan fingerprint density at radius 1 is 1.67 bits per heavy atom. The Morgan fingerprint density at radius 2 is 2.27 bits per heavy atom. The molecule has 0 fully saturated rings. The molecular weight excluding hydrogens is 194 g/mol. The summed E-state index contributed by atoms with van der Waals surface area (Å²) in [6, 6.07) is 1.55. The molecular formula is C10H17N3O2. The van der Waals surface area contributed by atoms with Crippen LogP contribution in [0.4, 0.5) is 5.69 Å². The molecule has 1 amide bonds. The molecule has 5 heteroatoms.